The zero-order chi connectivity index (χ0) is 10.9. The van der Waals surface area contributed by atoms with Crippen molar-refractivity contribution in [3.05, 3.63) is 23.4 Å². The van der Waals surface area contributed by atoms with E-state index in [9.17, 15) is 8.42 Å². The summed E-state index contributed by atoms with van der Waals surface area (Å²) >= 11 is 5.70. The normalized spacial score (nSPS) is 16.3. The summed E-state index contributed by atoms with van der Waals surface area (Å²) in [6.45, 7) is 0. The largest absolute Gasteiger partial charge is 0.300 e. The van der Waals surface area contributed by atoms with Crippen LogP contribution < -0.4 is 9.44 Å². The van der Waals surface area contributed by atoms with Gasteiger partial charge in [-0.15, -0.1) is 0 Å². The molecule has 0 unspecified atom stereocenters. The van der Waals surface area contributed by atoms with E-state index in [0.717, 1.165) is 12.8 Å². The van der Waals surface area contributed by atoms with Gasteiger partial charge in [0.15, 0.2) is 0 Å². The predicted molar refractivity (Wildman–Crippen MR) is 57.9 cm³/mol. The lowest BCUT2D eigenvalue weighted by Gasteiger charge is -2.07. The molecule has 0 spiro atoms. The van der Waals surface area contributed by atoms with Gasteiger partial charge >= 0.3 is 10.2 Å². The molecule has 7 heteroatoms. The summed E-state index contributed by atoms with van der Waals surface area (Å²) in [5.41, 5.74) is 0. The molecular weight excluding hydrogens is 238 g/mol. The highest BCUT2D eigenvalue weighted by Crippen LogP contribution is 2.20. The fourth-order valence-electron chi connectivity index (χ4n) is 1.05. The first kappa shape index (κ1) is 10.7. The third-order valence-corrected chi connectivity index (χ3v) is 3.22. The third kappa shape index (κ3) is 3.33. The van der Waals surface area contributed by atoms with Crippen LogP contribution in [0.1, 0.15) is 12.8 Å². The number of nitrogens with one attached hydrogen (secondary N) is 2. The molecular formula is C8H10ClN3O2S. The summed E-state index contributed by atoms with van der Waals surface area (Å²) in [6.07, 6.45) is 3.23. The molecule has 1 aromatic heterocycles. The second-order valence-corrected chi connectivity index (χ2v) is 5.24. The third-order valence-electron chi connectivity index (χ3n) is 1.86. The van der Waals surface area contributed by atoms with Crippen LogP contribution in [0, 0.1) is 0 Å². The van der Waals surface area contributed by atoms with E-state index in [1.54, 1.807) is 6.07 Å². The molecule has 5 nitrogen and oxygen atoms in total. The molecule has 0 aromatic carbocycles. The van der Waals surface area contributed by atoms with E-state index >= 15 is 0 Å². The summed E-state index contributed by atoms with van der Waals surface area (Å²) in [6, 6.07) is 3.10. The number of halogens is 1. The second-order valence-electron chi connectivity index (χ2n) is 3.36. The minimum atomic E-state index is -3.51. The molecule has 82 valence electrons. The van der Waals surface area contributed by atoms with Crippen molar-refractivity contribution in [2.24, 2.45) is 0 Å². The highest BCUT2D eigenvalue weighted by atomic mass is 35.5. The Morgan fingerprint density at radius 3 is 2.80 bits per heavy atom. The van der Waals surface area contributed by atoms with Gasteiger partial charge in [-0.2, -0.15) is 13.1 Å². The van der Waals surface area contributed by atoms with Gasteiger partial charge in [-0.05, 0) is 18.9 Å². The van der Waals surface area contributed by atoms with Crippen LogP contribution in [0.4, 0.5) is 5.82 Å². The van der Waals surface area contributed by atoms with Gasteiger partial charge in [-0.3, -0.25) is 4.72 Å². The Balaban J connectivity index is 2.06. The van der Waals surface area contributed by atoms with Crippen molar-refractivity contribution in [2.45, 2.75) is 18.9 Å². The van der Waals surface area contributed by atoms with E-state index in [1.165, 1.54) is 12.3 Å². The first-order valence-corrected chi connectivity index (χ1v) is 6.33. The number of pyridine rings is 1. The summed E-state index contributed by atoms with van der Waals surface area (Å²) in [5, 5.41) is 0.439. The Labute approximate surface area is 93.0 Å². The van der Waals surface area contributed by atoms with Gasteiger partial charge in [0.2, 0.25) is 0 Å². The van der Waals surface area contributed by atoms with Crippen LogP contribution in [0.25, 0.3) is 0 Å². The van der Waals surface area contributed by atoms with Gasteiger partial charge in [0.05, 0.1) is 0 Å². The Kier molecular flexibility index (Phi) is 2.81. The maximum absolute atomic E-state index is 11.5. The number of anilines is 1. The summed E-state index contributed by atoms with van der Waals surface area (Å²) < 4.78 is 27.7. The van der Waals surface area contributed by atoms with Crippen molar-refractivity contribution >= 4 is 27.6 Å². The predicted octanol–water partition coefficient (Wildman–Crippen LogP) is 1.14. The lowest BCUT2D eigenvalue weighted by Crippen LogP contribution is -2.32. The van der Waals surface area contributed by atoms with Crippen molar-refractivity contribution in [2.75, 3.05) is 4.72 Å². The number of hydrogen-bond donors (Lipinski definition) is 2. The average molecular weight is 248 g/mol. The first-order valence-electron chi connectivity index (χ1n) is 4.47. The Bertz CT molecular complexity index is 459. The van der Waals surface area contributed by atoms with Gasteiger partial charge in [0, 0.05) is 23.3 Å². The molecule has 1 saturated carbocycles. The summed E-state index contributed by atoms with van der Waals surface area (Å²) in [5.74, 6) is 0.218. The van der Waals surface area contributed by atoms with Crippen LogP contribution in [0.15, 0.2) is 18.3 Å². The molecule has 1 aliphatic carbocycles. The molecule has 1 heterocycles. The molecule has 2 rings (SSSR count). The molecule has 0 bridgehead atoms. The van der Waals surface area contributed by atoms with Crippen LogP contribution in [-0.2, 0) is 10.2 Å². The molecule has 1 aromatic rings. The van der Waals surface area contributed by atoms with Crippen molar-refractivity contribution in [3.8, 4) is 0 Å². The zero-order valence-electron chi connectivity index (χ0n) is 7.77. The Hall–Kier alpha value is -0.850. The number of nitrogens with zero attached hydrogens (tertiary/aromatic N) is 1. The monoisotopic (exact) mass is 247 g/mol. The number of rotatable bonds is 4. The van der Waals surface area contributed by atoms with E-state index in [0.29, 0.717) is 5.02 Å². The SMILES string of the molecule is O=S(=O)(Nc1cc(Cl)ccn1)NC1CC1. The fraction of sp³-hybridized carbons (Fsp3) is 0.375. The minimum absolute atomic E-state index is 0.0710. The smallest absolute Gasteiger partial charge is 0.255 e. The maximum atomic E-state index is 11.5. The quantitative estimate of drug-likeness (QED) is 0.838. The van der Waals surface area contributed by atoms with Crippen molar-refractivity contribution in [1.29, 1.82) is 0 Å². The molecule has 0 atom stereocenters. The van der Waals surface area contributed by atoms with Crippen LogP contribution in [0.5, 0.6) is 0 Å². The zero-order valence-corrected chi connectivity index (χ0v) is 9.35. The molecule has 0 radical (unpaired) electrons. The van der Waals surface area contributed by atoms with E-state index in [-0.39, 0.29) is 11.9 Å². The van der Waals surface area contributed by atoms with Crippen LogP contribution >= 0.6 is 11.6 Å². The number of hydrogen-bond acceptors (Lipinski definition) is 3. The second kappa shape index (κ2) is 3.96. The Morgan fingerprint density at radius 2 is 2.20 bits per heavy atom. The summed E-state index contributed by atoms with van der Waals surface area (Å²) in [4.78, 5) is 3.84. The summed E-state index contributed by atoms with van der Waals surface area (Å²) in [7, 11) is -3.51. The van der Waals surface area contributed by atoms with Gasteiger partial charge in [0.1, 0.15) is 5.82 Å². The number of aromatic nitrogens is 1. The van der Waals surface area contributed by atoms with E-state index < -0.39 is 10.2 Å². The molecule has 1 fully saturated rings. The van der Waals surface area contributed by atoms with E-state index in [1.807, 2.05) is 0 Å². The van der Waals surface area contributed by atoms with Crippen molar-refractivity contribution < 1.29 is 8.42 Å². The van der Waals surface area contributed by atoms with Crippen molar-refractivity contribution in [1.82, 2.24) is 9.71 Å². The molecule has 0 amide bonds. The van der Waals surface area contributed by atoms with Gasteiger partial charge in [-0.25, -0.2) is 4.98 Å². The molecule has 1 aliphatic rings. The molecule has 0 aliphatic heterocycles. The molecule has 2 N–H and O–H groups in total. The van der Waals surface area contributed by atoms with Gasteiger partial charge in [-0.1, -0.05) is 11.6 Å². The lowest BCUT2D eigenvalue weighted by molar-refractivity contribution is 0.586. The lowest BCUT2D eigenvalue weighted by atomic mass is 10.5. The first-order chi connectivity index (χ1) is 7.05. The van der Waals surface area contributed by atoms with Crippen molar-refractivity contribution in [3.63, 3.8) is 0 Å². The Morgan fingerprint density at radius 1 is 1.47 bits per heavy atom. The topological polar surface area (TPSA) is 71.1 Å². The molecule has 15 heavy (non-hydrogen) atoms. The average Bonchev–Trinajstić information content (AvgIpc) is 2.86. The van der Waals surface area contributed by atoms with E-state index in [2.05, 4.69) is 14.4 Å². The van der Waals surface area contributed by atoms with Crippen LogP contribution in [-0.4, -0.2) is 19.4 Å². The van der Waals surface area contributed by atoms with Gasteiger partial charge < -0.3 is 0 Å². The standard InChI is InChI=1S/C8H10ClN3O2S/c9-6-3-4-10-8(5-6)12-15(13,14)11-7-1-2-7/h3-5,7,11H,1-2H2,(H,10,12). The maximum Gasteiger partial charge on any atom is 0.300 e. The van der Waals surface area contributed by atoms with Gasteiger partial charge in [0.25, 0.3) is 0 Å². The van der Waals surface area contributed by atoms with Crippen LogP contribution in [0.3, 0.4) is 0 Å². The van der Waals surface area contributed by atoms with E-state index in [4.69, 9.17) is 11.6 Å². The highest BCUT2D eigenvalue weighted by molar-refractivity contribution is 7.90. The molecule has 0 saturated heterocycles. The van der Waals surface area contributed by atoms with Crippen LogP contribution in [0.2, 0.25) is 5.02 Å². The fourth-order valence-corrected chi connectivity index (χ4v) is 2.33. The highest BCUT2D eigenvalue weighted by Gasteiger charge is 2.26. The minimum Gasteiger partial charge on any atom is -0.255 e.